The first-order chi connectivity index (χ1) is 13.6. The SMILES string of the molecule is C[C@H]([C@@H](OP(C)c1ccccc1)c1ccccc1)N(C)P(C)c1ccccc1. The van der Waals surface area contributed by atoms with Crippen LogP contribution in [0, 0.1) is 0 Å². The summed E-state index contributed by atoms with van der Waals surface area (Å²) in [5.74, 6) is 0. The molecule has 0 fully saturated rings. The quantitative estimate of drug-likeness (QED) is 0.438. The van der Waals surface area contributed by atoms with E-state index in [1.807, 2.05) is 0 Å². The molecule has 0 heterocycles. The molecule has 0 saturated heterocycles. The van der Waals surface area contributed by atoms with Crippen molar-refractivity contribution in [3.63, 3.8) is 0 Å². The van der Waals surface area contributed by atoms with Crippen LogP contribution < -0.4 is 10.6 Å². The second-order valence-corrected chi connectivity index (χ2v) is 10.9. The Kier molecular flexibility index (Phi) is 7.77. The van der Waals surface area contributed by atoms with E-state index in [4.69, 9.17) is 4.52 Å². The van der Waals surface area contributed by atoms with Crippen LogP contribution >= 0.6 is 16.2 Å². The van der Waals surface area contributed by atoms with Gasteiger partial charge in [-0.15, -0.1) is 0 Å². The fourth-order valence-electron chi connectivity index (χ4n) is 3.23. The molecule has 4 heteroatoms. The van der Waals surface area contributed by atoms with Gasteiger partial charge in [0.2, 0.25) is 0 Å². The van der Waals surface area contributed by atoms with Gasteiger partial charge in [0.15, 0.2) is 0 Å². The van der Waals surface area contributed by atoms with Gasteiger partial charge < -0.3 is 4.52 Å². The van der Waals surface area contributed by atoms with Gasteiger partial charge in [-0.1, -0.05) is 91.0 Å². The number of likely N-dealkylation sites (N-methyl/N-ethyl adjacent to an activating group) is 1. The molecule has 0 saturated carbocycles. The van der Waals surface area contributed by atoms with Crippen molar-refractivity contribution in [3.05, 3.63) is 96.6 Å². The standard InChI is InChI=1S/C24H29NOP2/c1-20(25(2)27(3)22-16-10-6-11-17-22)24(21-14-8-5-9-15-21)26-28(4)23-18-12-7-13-19-23/h5-20,24H,1-4H3/t20-,24-,27?,28?/m1/s1. The summed E-state index contributed by atoms with van der Waals surface area (Å²) in [6.07, 6.45) is 0.0242. The lowest BCUT2D eigenvalue weighted by Gasteiger charge is -2.37. The summed E-state index contributed by atoms with van der Waals surface area (Å²) in [6, 6.07) is 32.2. The van der Waals surface area contributed by atoms with Crippen LogP contribution in [-0.4, -0.2) is 31.1 Å². The third-order valence-electron chi connectivity index (χ3n) is 5.15. The highest BCUT2D eigenvalue weighted by Crippen LogP contribution is 2.44. The molecule has 0 radical (unpaired) electrons. The minimum Gasteiger partial charge on any atom is -0.345 e. The van der Waals surface area contributed by atoms with Gasteiger partial charge in [0.1, 0.15) is 6.10 Å². The lowest BCUT2D eigenvalue weighted by molar-refractivity contribution is 0.153. The molecule has 28 heavy (non-hydrogen) atoms. The lowest BCUT2D eigenvalue weighted by atomic mass is 10.0. The first kappa shape index (κ1) is 21.2. The highest BCUT2D eigenvalue weighted by Gasteiger charge is 2.29. The van der Waals surface area contributed by atoms with E-state index in [0.29, 0.717) is 0 Å². The Morgan fingerprint density at radius 3 is 1.71 bits per heavy atom. The Morgan fingerprint density at radius 2 is 1.18 bits per heavy atom. The lowest BCUT2D eigenvalue weighted by Crippen LogP contribution is -2.34. The smallest absolute Gasteiger partial charge is 0.103 e. The van der Waals surface area contributed by atoms with Crippen molar-refractivity contribution in [3.8, 4) is 0 Å². The van der Waals surface area contributed by atoms with Gasteiger partial charge in [-0.3, -0.25) is 4.67 Å². The zero-order chi connectivity index (χ0) is 19.9. The van der Waals surface area contributed by atoms with E-state index in [9.17, 15) is 0 Å². The third kappa shape index (κ3) is 5.28. The fraction of sp³-hybridized carbons (Fsp3) is 0.250. The number of rotatable bonds is 8. The summed E-state index contributed by atoms with van der Waals surface area (Å²) in [7, 11) is 1.12. The first-order valence-electron chi connectivity index (χ1n) is 9.60. The zero-order valence-corrected chi connectivity index (χ0v) is 18.9. The Labute approximate surface area is 172 Å². The fourth-order valence-corrected chi connectivity index (χ4v) is 6.22. The summed E-state index contributed by atoms with van der Waals surface area (Å²) in [5, 5.41) is 2.66. The van der Waals surface area contributed by atoms with Crippen LogP contribution in [0.2, 0.25) is 0 Å². The van der Waals surface area contributed by atoms with E-state index in [-0.39, 0.29) is 12.1 Å². The van der Waals surface area contributed by atoms with Crippen molar-refractivity contribution >= 4 is 26.8 Å². The molecule has 2 unspecified atom stereocenters. The highest BCUT2D eigenvalue weighted by molar-refractivity contribution is 7.62. The number of nitrogens with zero attached hydrogens (tertiary/aromatic N) is 1. The van der Waals surface area contributed by atoms with Crippen molar-refractivity contribution in [2.45, 2.75) is 19.1 Å². The zero-order valence-electron chi connectivity index (χ0n) is 17.1. The molecule has 0 N–H and O–H groups in total. The topological polar surface area (TPSA) is 12.5 Å². The van der Waals surface area contributed by atoms with Gasteiger partial charge in [0, 0.05) is 11.3 Å². The van der Waals surface area contributed by atoms with E-state index in [0.717, 1.165) is 0 Å². The molecule has 3 rings (SSSR count). The van der Waals surface area contributed by atoms with Gasteiger partial charge in [-0.25, -0.2) is 0 Å². The van der Waals surface area contributed by atoms with E-state index < -0.39 is 16.2 Å². The maximum Gasteiger partial charge on any atom is 0.103 e. The van der Waals surface area contributed by atoms with Gasteiger partial charge in [-0.2, -0.15) is 0 Å². The number of hydrogen-bond acceptors (Lipinski definition) is 2. The van der Waals surface area contributed by atoms with Crippen LogP contribution in [0.4, 0.5) is 0 Å². The minimum absolute atomic E-state index is 0.0242. The highest BCUT2D eigenvalue weighted by atomic mass is 31.1. The molecule has 0 aliphatic carbocycles. The van der Waals surface area contributed by atoms with E-state index in [1.54, 1.807) is 0 Å². The second kappa shape index (κ2) is 10.3. The average molecular weight is 409 g/mol. The average Bonchev–Trinajstić information content (AvgIpc) is 2.77. The molecule has 0 amide bonds. The molecule has 4 atom stereocenters. The van der Waals surface area contributed by atoms with Crippen molar-refractivity contribution in [1.82, 2.24) is 4.67 Å². The van der Waals surface area contributed by atoms with Crippen molar-refractivity contribution in [1.29, 1.82) is 0 Å². The maximum absolute atomic E-state index is 6.73. The summed E-state index contributed by atoms with van der Waals surface area (Å²) < 4.78 is 9.21. The Balaban J connectivity index is 1.84. The summed E-state index contributed by atoms with van der Waals surface area (Å²) in [6.45, 7) is 6.82. The molecular formula is C24H29NOP2. The van der Waals surface area contributed by atoms with Crippen LogP contribution in [0.3, 0.4) is 0 Å². The van der Waals surface area contributed by atoms with Gasteiger partial charge in [-0.05, 0) is 46.2 Å². The molecule has 0 aliphatic rings. The normalized spacial score (nSPS) is 15.8. The van der Waals surface area contributed by atoms with Crippen molar-refractivity contribution in [2.24, 2.45) is 0 Å². The summed E-state index contributed by atoms with van der Waals surface area (Å²) in [5.41, 5.74) is 1.24. The summed E-state index contributed by atoms with van der Waals surface area (Å²) >= 11 is 0. The van der Waals surface area contributed by atoms with Gasteiger partial charge in [0.25, 0.3) is 0 Å². The largest absolute Gasteiger partial charge is 0.345 e. The minimum atomic E-state index is -0.689. The number of benzene rings is 3. The van der Waals surface area contributed by atoms with Crippen LogP contribution in [0.15, 0.2) is 91.0 Å². The summed E-state index contributed by atoms with van der Waals surface area (Å²) in [4.78, 5) is 0. The van der Waals surface area contributed by atoms with Crippen molar-refractivity contribution < 1.29 is 4.52 Å². The number of hydrogen-bond donors (Lipinski definition) is 0. The van der Waals surface area contributed by atoms with Gasteiger partial charge >= 0.3 is 0 Å². The van der Waals surface area contributed by atoms with Crippen LogP contribution in [0.1, 0.15) is 18.6 Å². The molecule has 0 aliphatic heterocycles. The van der Waals surface area contributed by atoms with Gasteiger partial charge in [0.05, 0.1) is 8.15 Å². The Morgan fingerprint density at radius 1 is 0.714 bits per heavy atom. The Bertz CT molecular complexity index is 829. The molecule has 3 aromatic carbocycles. The van der Waals surface area contributed by atoms with Crippen LogP contribution in [0.25, 0.3) is 0 Å². The molecular weight excluding hydrogens is 380 g/mol. The third-order valence-corrected chi connectivity index (χ3v) is 9.08. The van der Waals surface area contributed by atoms with E-state index in [1.165, 1.54) is 16.2 Å². The molecule has 0 aromatic heterocycles. The first-order valence-corrected chi connectivity index (χ1v) is 13.0. The van der Waals surface area contributed by atoms with Crippen molar-refractivity contribution in [2.75, 3.05) is 20.4 Å². The Hall–Kier alpha value is -1.56. The van der Waals surface area contributed by atoms with Crippen LogP contribution in [-0.2, 0) is 4.52 Å². The van der Waals surface area contributed by atoms with Crippen LogP contribution in [0.5, 0.6) is 0 Å². The predicted octanol–water partition coefficient (Wildman–Crippen LogP) is 5.77. The molecule has 0 bridgehead atoms. The molecule has 3 aromatic rings. The molecule has 2 nitrogen and oxygen atoms in total. The monoisotopic (exact) mass is 409 g/mol. The van der Waals surface area contributed by atoms with E-state index >= 15 is 0 Å². The second-order valence-electron chi connectivity index (χ2n) is 6.94. The predicted molar refractivity (Wildman–Crippen MR) is 125 cm³/mol. The maximum atomic E-state index is 6.73. The molecule has 0 spiro atoms. The van der Waals surface area contributed by atoms with E-state index in [2.05, 4.69) is 123 Å². The molecule has 146 valence electrons.